The van der Waals surface area contributed by atoms with Crippen LogP contribution in [0, 0.1) is 10.2 Å². The minimum atomic E-state index is -2.61. The lowest BCUT2D eigenvalue weighted by Gasteiger charge is -1.69. The summed E-state index contributed by atoms with van der Waals surface area (Å²) in [5, 5.41) is 32.0. The van der Waals surface area contributed by atoms with E-state index in [2.05, 4.69) is 52.4 Å². The number of nitrogens with one attached hydrogen (secondary N) is 2. The van der Waals surface area contributed by atoms with Crippen LogP contribution in [0.4, 0.5) is 14.4 Å². The second-order valence-corrected chi connectivity index (χ2v) is 4.72. The molecule has 0 aliphatic heterocycles. The molecule has 0 saturated heterocycles. The summed E-state index contributed by atoms with van der Waals surface area (Å²) in [6, 6.07) is -0.833. The molecule has 0 radical (unpaired) electrons. The number of guanidine groups is 1. The third-order valence-electron chi connectivity index (χ3n) is 0. The van der Waals surface area contributed by atoms with Gasteiger partial charge in [0.05, 0.1) is 0 Å². The molecule has 28 heavy (non-hydrogen) atoms. The fourth-order valence-corrected chi connectivity index (χ4v) is 0. The Morgan fingerprint density at radius 3 is 0.893 bits per heavy atom. The van der Waals surface area contributed by atoms with E-state index in [-0.39, 0.29) is 11.1 Å². The standard InChI is InChI=1S/CH5N3.CH4N2O.CH6N2S.CH4N2S.CH3NO2.CH2O3.H2O3S/c2*2-1(3)4;1-4(2)3;3*2-1(3)4;1-4(2)3/h(H5,2,3,4);(H4,2,3,4);1H3,(H3,2,3);(H4,2,3,4);2H2,(H,3,4);(H2,2,3,4);(H2,1,2,3). The highest BCUT2D eigenvalue weighted by Crippen LogP contribution is 1.44. The van der Waals surface area contributed by atoms with Crippen molar-refractivity contribution in [2.24, 2.45) is 45.3 Å². The van der Waals surface area contributed by atoms with E-state index in [9.17, 15) is 0 Å². The lowest BCUT2D eigenvalue weighted by molar-refractivity contribution is 0.136. The van der Waals surface area contributed by atoms with Crippen molar-refractivity contribution in [1.29, 1.82) is 10.2 Å². The molecule has 0 spiro atoms. The number of nitrogens with two attached hydrogens (primary N) is 8. The Morgan fingerprint density at radius 2 is 0.893 bits per heavy atom. The number of carbonyl (C=O) groups is 3. The van der Waals surface area contributed by atoms with Crippen molar-refractivity contribution >= 4 is 63.8 Å². The maximum Gasteiger partial charge on any atom is 0.503 e. The highest BCUT2D eigenvalue weighted by atomic mass is 32.2. The van der Waals surface area contributed by atoms with Gasteiger partial charge in [-0.1, -0.05) is 0 Å². The fraction of sp³-hybridized carbons (Fsp3) is 0.167. The first-order chi connectivity index (χ1) is 12.1. The zero-order valence-corrected chi connectivity index (χ0v) is 16.7. The second kappa shape index (κ2) is 39.2. The molecule has 0 rings (SSSR count). The first-order valence-electron chi connectivity index (χ1n) is 5.14. The summed E-state index contributed by atoms with van der Waals surface area (Å²) in [7, 11) is -0.611. The Balaban J connectivity index is -0.0000000367. The Kier molecular flexibility index (Phi) is 62.1. The van der Waals surface area contributed by atoms with Gasteiger partial charge in [0, 0.05) is 6.26 Å². The van der Waals surface area contributed by atoms with Crippen LogP contribution in [-0.4, -0.2) is 64.2 Å². The molecule has 0 aliphatic carbocycles. The van der Waals surface area contributed by atoms with Crippen LogP contribution in [0.15, 0.2) is 0 Å². The van der Waals surface area contributed by atoms with Crippen LogP contribution >= 0.6 is 12.2 Å². The van der Waals surface area contributed by atoms with Crippen molar-refractivity contribution in [3.8, 4) is 0 Å². The number of urea groups is 1. The van der Waals surface area contributed by atoms with Crippen LogP contribution < -0.4 is 45.3 Å². The largest absolute Gasteiger partial charge is 0.503 e. The molecule has 0 aliphatic rings. The van der Waals surface area contributed by atoms with Gasteiger partial charge in [0.25, 0.3) is 11.4 Å². The van der Waals surface area contributed by atoms with E-state index < -0.39 is 40.5 Å². The normalized spacial score (nSPS) is 7.75. The number of primary amides is 3. The predicted octanol–water partition coefficient (Wildman–Crippen LogP) is -3.55. The molecule has 1 atom stereocenters. The van der Waals surface area contributed by atoms with Crippen molar-refractivity contribution in [2.45, 2.75) is 0 Å². The van der Waals surface area contributed by atoms with Crippen LogP contribution in [0.2, 0.25) is 0 Å². The second-order valence-electron chi connectivity index (χ2n) is 2.67. The minimum Gasteiger partial charge on any atom is -0.465 e. The predicted molar refractivity (Wildman–Crippen MR) is 107 cm³/mol. The van der Waals surface area contributed by atoms with Gasteiger partial charge >= 0.3 is 18.3 Å². The van der Waals surface area contributed by atoms with Gasteiger partial charge in [0.15, 0.2) is 11.1 Å². The van der Waals surface area contributed by atoms with Crippen LogP contribution in [-0.2, 0) is 22.2 Å². The maximum atomic E-state index is 9.00. The number of thiocarbonyl (C=S) groups is 1. The number of carboxylic acid groups (broad SMARTS) is 3. The van der Waals surface area contributed by atoms with Crippen LogP contribution in [0.1, 0.15) is 0 Å². The van der Waals surface area contributed by atoms with Crippen molar-refractivity contribution in [3.63, 3.8) is 0 Å². The molecule has 3 amide bonds. The smallest absolute Gasteiger partial charge is 0.465 e. The Morgan fingerprint density at radius 1 is 0.893 bits per heavy atom. The Labute approximate surface area is 169 Å². The van der Waals surface area contributed by atoms with Gasteiger partial charge in [-0.2, -0.15) is 4.21 Å². The molecule has 0 saturated carbocycles. The quantitative estimate of drug-likeness (QED) is 0.0692. The highest BCUT2D eigenvalue weighted by molar-refractivity contribution is 7.82. The summed E-state index contributed by atoms with van der Waals surface area (Å²) in [4.78, 5) is 26.3. The summed E-state index contributed by atoms with van der Waals surface area (Å²) in [5.41, 5.74) is 30.7. The van der Waals surface area contributed by atoms with Gasteiger partial charge in [-0.3, -0.25) is 24.4 Å². The minimum absolute atomic E-state index is 0.000000000000000222. The Hall–Kier alpha value is -3.05. The van der Waals surface area contributed by atoms with E-state index in [1.54, 1.807) is 6.26 Å². The molecule has 0 aromatic rings. The van der Waals surface area contributed by atoms with E-state index in [1.165, 1.54) is 0 Å². The molecule has 22 heteroatoms. The lowest BCUT2D eigenvalue weighted by atomic mass is 11.1. The summed E-state index contributed by atoms with van der Waals surface area (Å²) in [5.74, 6) is -0.333. The topological polar surface area (TPSA) is 425 Å². The van der Waals surface area contributed by atoms with E-state index in [4.69, 9.17) is 58.3 Å². The summed E-state index contributed by atoms with van der Waals surface area (Å²) in [6.45, 7) is 0. The number of hydrogen-bond donors (Lipinski definition) is 15. The summed E-state index contributed by atoms with van der Waals surface area (Å²) in [6.07, 6.45) is -1.53. The molecule has 0 fully saturated rings. The molecule has 0 heterocycles. The van der Waals surface area contributed by atoms with Crippen LogP contribution in [0.3, 0.4) is 0 Å². The van der Waals surface area contributed by atoms with E-state index in [1.807, 2.05) is 0 Å². The molecule has 1 unspecified atom stereocenters. The first kappa shape index (κ1) is 44.4. The molecular weight excluding hydrogens is 452 g/mol. The third-order valence-corrected chi connectivity index (χ3v) is 0. The van der Waals surface area contributed by atoms with Crippen molar-refractivity contribution in [2.75, 3.05) is 6.26 Å². The monoisotopic (exact) mass is 478 g/mol. The van der Waals surface area contributed by atoms with Gasteiger partial charge in [-0.25, -0.2) is 14.4 Å². The third kappa shape index (κ3) is 1190. The van der Waals surface area contributed by atoms with Crippen LogP contribution in [0.5, 0.6) is 0 Å². The molecule has 172 valence electrons. The maximum absolute atomic E-state index is 9.00. The lowest BCUT2D eigenvalue weighted by Crippen LogP contribution is -2.20. The van der Waals surface area contributed by atoms with Crippen LogP contribution in [0.25, 0.3) is 0 Å². The number of rotatable bonds is 0. The number of amides is 3. The zero-order chi connectivity index (χ0) is 25.0. The van der Waals surface area contributed by atoms with Crippen molar-refractivity contribution in [3.05, 3.63) is 0 Å². The average molecular weight is 479 g/mol. The van der Waals surface area contributed by atoms with E-state index in [0.717, 1.165) is 0 Å². The molecular formula is C6H26N10O9S3. The molecule has 0 aromatic heterocycles. The fourth-order valence-electron chi connectivity index (χ4n) is 0. The summed E-state index contributed by atoms with van der Waals surface area (Å²) < 4.78 is 29.2. The molecule has 0 bridgehead atoms. The zero-order valence-electron chi connectivity index (χ0n) is 14.2. The van der Waals surface area contributed by atoms with Gasteiger partial charge in [0.2, 0.25) is 0 Å². The Bertz CT molecular complexity index is 332. The van der Waals surface area contributed by atoms with Crippen molar-refractivity contribution in [1.82, 2.24) is 0 Å². The highest BCUT2D eigenvalue weighted by Gasteiger charge is 1.70. The SMILES string of the molecule is CS(=N)N.N=C(N)N.NC(=O)O.NC(N)=O.NC(N)=S.O=C(O)O.O=S(O)O. The van der Waals surface area contributed by atoms with Gasteiger partial charge in [-0.05, 0) is 23.1 Å². The summed E-state index contributed by atoms with van der Waals surface area (Å²) >= 11 is 1.48. The molecule has 0 aromatic carbocycles. The van der Waals surface area contributed by atoms with Crippen molar-refractivity contribution < 1.29 is 43.0 Å². The number of hydrogen-bond acceptors (Lipinski definition) is 7. The van der Waals surface area contributed by atoms with E-state index in [0.29, 0.717) is 0 Å². The van der Waals surface area contributed by atoms with Gasteiger partial charge in [-0.15, -0.1) is 0 Å². The molecule has 19 nitrogen and oxygen atoms in total. The van der Waals surface area contributed by atoms with Gasteiger partial charge < -0.3 is 55.5 Å². The van der Waals surface area contributed by atoms with Gasteiger partial charge in [0.1, 0.15) is 0 Å². The van der Waals surface area contributed by atoms with E-state index >= 15 is 0 Å². The first-order valence-corrected chi connectivity index (χ1v) is 8.31. The average Bonchev–Trinajstić information content (AvgIpc) is 2.20. The number of carbonyl (C=O) groups excluding carboxylic acids is 1. The molecule has 23 N–H and O–H groups in total.